The quantitative estimate of drug-likeness (QED) is 0.467. The molecule has 2 aromatic carbocycles. The Kier molecular flexibility index (Phi) is 9.10. The van der Waals surface area contributed by atoms with Crippen LogP contribution in [0.5, 0.6) is 0 Å². The van der Waals surface area contributed by atoms with Gasteiger partial charge in [0.1, 0.15) is 12.1 Å². The van der Waals surface area contributed by atoms with Crippen LogP contribution in [0.25, 0.3) is 0 Å². The number of aliphatic hydroxyl groups is 1. The predicted molar refractivity (Wildman–Crippen MR) is 120 cm³/mol. The Morgan fingerprint density at radius 2 is 1.61 bits per heavy atom. The second kappa shape index (κ2) is 11.6. The minimum atomic E-state index is -1.30. The van der Waals surface area contributed by atoms with Gasteiger partial charge in [-0.15, -0.1) is 0 Å². The number of aliphatic hydroxyl groups excluding tert-OH is 1. The van der Waals surface area contributed by atoms with Crippen LogP contribution in [0.1, 0.15) is 25.0 Å². The first-order valence-corrected chi connectivity index (χ1v) is 10.4. The van der Waals surface area contributed by atoms with E-state index in [0.717, 1.165) is 11.1 Å². The second-order valence-corrected chi connectivity index (χ2v) is 8.17. The Balaban J connectivity index is 0.000000238. The smallest absolute Gasteiger partial charge is 0.331 e. The van der Waals surface area contributed by atoms with Crippen molar-refractivity contribution in [1.82, 2.24) is 10.2 Å². The summed E-state index contributed by atoms with van der Waals surface area (Å²) in [6.45, 7) is 3.19. The summed E-state index contributed by atoms with van der Waals surface area (Å²) in [5, 5.41) is 30.0. The first kappa shape index (κ1) is 26.0. The van der Waals surface area contributed by atoms with E-state index < -0.39 is 29.6 Å². The van der Waals surface area contributed by atoms with Crippen LogP contribution in [0.2, 0.25) is 0 Å². The van der Waals surface area contributed by atoms with Gasteiger partial charge in [0.05, 0.1) is 13.2 Å². The number of benzene rings is 2. The molecule has 1 aliphatic rings. The molecule has 1 fully saturated rings. The molecule has 9 heteroatoms. The van der Waals surface area contributed by atoms with E-state index in [1.807, 2.05) is 60.7 Å². The number of carbonyl (C=O) groups excluding carboxylic acids is 1. The van der Waals surface area contributed by atoms with Crippen LogP contribution in [0.4, 0.5) is 0 Å². The van der Waals surface area contributed by atoms with Crippen LogP contribution in [-0.2, 0) is 32.2 Å². The fourth-order valence-corrected chi connectivity index (χ4v) is 3.07. The molecular formula is C24H30N2O7. The molecular weight excluding hydrogens is 428 g/mol. The molecule has 178 valence electrons. The van der Waals surface area contributed by atoms with E-state index in [4.69, 9.17) is 14.9 Å². The number of nitrogens with zero attached hydrogens (tertiary/aromatic N) is 1. The molecule has 0 aliphatic carbocycles. The first-order valence-electron chi connectivity index (χ1n) is 10.4. The SMILES string of the molecule is C[C@@](CO)(NCc1ccccc1)C(=O)O.C[C@@]1(C(=O)O)COCC(=O)N1Cc1ccccc1. The molecule has 0 radical (unpaired) electrons. The number of nitrogens with one attached hydrogen (secondary N) is 1. The highest BCUT2D eigenvalue weighted by atomic mass is 16.5. The zero-order valence-corrected chi connectivity index (χ0v) is 18.7. The molecule has 0 aromatic heterocycles. The van der Waals surface area contributed by atoms with Crippen molar-refractivity contribution in [2.45, 2.75) is 38.0 Å². The van der Waals surface area contributed by atoms with Crippen molar-refractivity contribution < 1.29 is 34.4 Å². The highest BCUT2D eigenvalue weighted by Gasteiger charge is 2.45. The lowest BCUT2D eigenvalue weighted by molar-refractivity contribution is -0.175. The molecule has 2 atom stereocenters. The normalized spacial score (nSPS) is 19.7. The van der Waals surface area contributed by atoms with Crippen molar-refractivity contribution in [2.24, 2.45) is 0 Å². The van der Waals surface area contributed by atoms with E-state index in [0.29, 0.717) is 6.54 Å². The molecule has 2 aromatic rings. The van der Waals surface area contributed by atoms with Crippen LogP contribution in [0.3, 0.4) is 0 Å². The molecule has 0 spiro atoms. The van der Waals surface area contributed by atoms with Crippen LogP contribution in [0, 0.1) is 0 Å². The lowest BCUT2D eigenvalue weighted by Gasteiger charge is -2.41. The van der Waals surface area contributed by atoms with Crippen molar-refractivity contribution >= 4 is 17.8 Å². The van der Waals surface area contributed by atoms with Gasteiger partial charge in [-0.3, -0.25) is 14.9 Å². The molecule has 3 rings (SSSR count). The molecule has 4 N–H and O–H groups in total. The summed E-state index contributed by atoms with van der Waals surface area (Å²) in [6, 6.07) is 18.8. The molecule has 1 saturated heterocycles. The number of hydrogen-bond donors (Lipinski definition) is 4. The maximum atomic E-state index is 11.9. The van der Waals surface area contributed by atoms with Gasteiger partial charge >= 0.3 is 11.9 Å². The molecule has 33 heavy (non-hydrogen) atoms. The van der Waals surface area contributed by atoms with Crippen molar-refractivity contribution in [3.63, 3.8) is 0 Å². The zero-order chi connectivity index (χ0) is 24.5. The van der Waals surface area contributed by atoms with Gasteiger partial charge in [-0.1, -0.05) is 60.7 Å². The number of aliphatic carboxylic acids is 2. The van der Waals surface area contributed by atoms with Crippen molar-refractivity contribution in [3.8, 4) is 0 Å². The standard InChI is InChI=1S/C13H15NO4.C11H15NO3/c1-13(12(16)17)9-18-8-11(15)14(13)7-10-5-3-2-4-6-10;1-11(8-13,10(14)15)12-7-9-5-3-2-4-6-9/h2-6H,7-9H2,1H3,(H,16,17);2-6,12-13H,7-8H2,1H3,(H,14,15)/t13-;11-/m00/s1. The van der Waals surface area contributed by atoms with Crippen molar-refractivity contribution in [1.29, 1.82) is 0 Å². The Morgan fingerprint density at radius 3 is 2.09 bits per heavy atom. The Morgan fingerprint density at radius 1 is 1.06 bits per heavy atom. The van der Waals surface area contributed by atoms with Gasteiger partial charge < -0.3 is 25.0 Å². The van der Waals surface area contributed by atoms with E-state index >= 15 is 0 Å². The van der Waals surface area contributed by atoms with Gasteiger partial charge in [-0.2, -0.15) is 0 Å². The second-order valence-electron chi connectivity index (χ2n) is 8.17. The average molecular weight is 459 g/mol. The zero-order valence-electron chi connectivity index (χ0n) is 18.7. The van der Waals surface area contributed by atoms with Gasteiger partial charge in [0.15, 0.2) is 5.54 Å². The van der Waals surface area contributed by atoms with E-state index in [-0.39, 0.29) is 25.7 Å². The van der Waals surface area contributed by atoms with Crippen LogP contribution >= 0.6 is 0 Å². The van der Waals surface area contributed by atoms with Crippen molar-refractivity contribution in [3.05, 3.63) is 71.8 Å². The van der Waals surface area contributed by atoms with Crippen LogP contribution in [-0.4, -0.2) is 69.0 Å². The lowest BCUT2D eigenvalue weighted by atomic mass is 9.98. The summed E-state index contributed by atoms with van der Waals surface area (Å²) in [7, 11) is 0. The molecule has 0 unspecified atom stereocenters. The third-order valence-electron chi connectivity index (χ3n) is 5.46. The Bertz CT molecular complexity index is 938. The van der Waals surface area contributed by atoms with Crippen molar-refractivity contribution in [2.75, 3.05) is 19.8 Å². The average Bonchev–Trinajstić information content (AvgIpc) is 2.81. The monoisotopic (exact) mass is 458 g/mol. The molecule has 1 aliphatic heterocycles. The highest BCUT2D eigenvalue weighted by Crippen LogP contribution is 2.23. The van der Waals surface area contributed by atoms with Crippen LogP contribution < -0.4 is 5.32 Å². The minimum Gasteiger partial charge on any atom is -0.480 e. The summed E-state index contributed by atoms with van der Waals surface area (Å²) in [5.41, 5.74) is -0.695. The van der Waals surface area contributed by atoms with Crippen LogP contribution in [0.15, 0.2) is 60.7 Å². The number of amides is 1. The number of rotatable bonds is 8. The summed E-state index contributed by atoms with van der Waals surface area (Å²) < 4.78 is 5.05. The number of hydrogen-bond acceptors (Lipinski definition) is 6. The maximum absolute atomic E-state index is 11.9. The van der Waals surface area contributed by atoms with E-state index in [1.54, 1.807) is 0 Å². The summed E-state index contributed by atoms with van der Waals surface area (Å²) in [5.74, 6) is -2.40. The van der Waals surface area contributed by atoms with Gasteiger partial charge in [-0.25, -0.2) is 4.79 Å². The van der Waals surface area contributed by atoms with E-state index in [9.17, 15) is 19.5 Å². The minimum absolute atomic E-state index is 0.0148. The van der Waals surface area contributed by atoms with E-state index in [1.165, 1.54) is 18.7 Å². The van der Waals surface area contributed by atoms with Gasteiger partial charge in [0.25, 0.3) is 0 Å². The predicted octanol–water partition coefficient (Wildman–Crippen LogP) is 1.50. The van der Waals surface area contributed by atoms with E-state index in [2.05, 4.69) is 5.32 Å². The van der Waals surface area contributed by atoms with Gasteiger partial charge in [0, 0.05) is 13.1 Å². The number of carboxylic acid groups (broad SMARTS) is 2. The fourth-order valence-electron chi connectivity index (χ4n) is 3.07. The summed E-state index contributed by atoms with van der Waals surface area (Å²) in [4.78, 5) is 35.4. The molecule has 9 nitrogen and oxygen atoms in total. The van der Waals surface area contributed by atoms with Gasteiger partial charge in [0.2, 0.25) is 5.91 Å². The van der Waals surface area contributed by atoms with Gasteiger partial charge in [-0.05, 0) is 25.0 Å². The summed E-state index contributed by atoms with van der Waals surface area (Å²) >= 11 is 0. The largest absolute Gasteiger partial charge is 0.480 e. The number of carboxylic acids is 2. The number of ether oxygens (including phenoxy) is 1. The third kappa shape index (κ3) is 6.85. The third-order valence-corrected chi connectivity index (χ3v) is 5.46. The Labute approximate surface area is 192 Å². The molecule has 0 saturated carbocycles. The topological polar surface area (TPSA) is 136 Å². The Hall–Kier alpha value is -3.27. The lowest BCUT2D eigenvalue weighted by Crippen LogP contribution is -2.61. The highest BCUT2D eigenvalue weighted by molar-refractivity contribution is 5.88. The molecule has 1 heterocycles. The summed E-state index contributed by atoms with van der Waals surface area (Å²) in [6.07, 6.45) is 0. The molecule has 0 bridgehead atoms. The number of carbonyl (C=O) groups is 3. The fraction of sp³-hybridized carbons (Fsp3) is 0.375. The molecule has 1 amide bonds. The first-order chi connectivity index (χ1) is 15.6. The maximum Gasteiger partial charge on any atom is 0.331 e. The number of morpholine rings is 1.